The molecule has 0 heterocycles. The van der Waals surface area contributed by atoms with Gasteiger partial charge in [-0.1, -0.05) is 18.9 Å². The third-order valence-corrected chi connectivity index (χ3v) is 4.16. The number of hydrogen-bond acceptors (Lipinski definition) is 3. The molecule has 0 bridgehead atoms. The highest BCUT2D eigenvalue weighted by molar-refractivity contribution is 9.10. The van der Waals surface area contributed by atoms with E-state index in [1.54, 1.807) is 12.1 Å². The summed E-state index contributed by atoms with van der Waals surface area (Å²) in [5.41, 5.74) is 11.9. The summed E-state index contributed by atoms with van der Waals surface area (Å²) in [6, 6.07) is 5.39. The molecule has 2 rings (SSSR count). The third-order valence-electron chi connectivity index (χ3n) is 3.50. The van der Waals surface area contributed by atoms with Crippen molar-refractivity contribution in [3.05, 3.63) is 28.2 Å². The van der Waals surface area contributed by atoms with Gasteiger partial charge >= 0.3 is 0 Å². The van der Waals surface area contributed by atoms with Gasteiger partial charge in [0.1, 0.15) is 11.9 Å². The van der Waals surface area contributed by atoms with Crippen LogP contribution in [0.25, 0.3) is 0 Å². The Morgan fingerprint density at radius 1 is 1.26 bits per heavy atom. The lowest BCUT2D eigenvalue weighted by molar-refractivity contribution is 0.0988. The van der Waals surface area contributed by atoms with Gasteiger partial charge in [-0.25, -0.2) is 0 Å². The van der Waals surface area contributed by atoms with Crippen LogP contribution >= 0.6 is 15.9 Å². The quantitative estimate of drug-likeness (QED) is 0.838. The van der Waals surface area contributed by atoms with Gasteiger partial charge in [-0.05, 0) is 47.3 Å². The standard InChI is InChI=1S/C14H19BrN2O2/c15-9-5-4-8-12(13(9)14(17)18)19-11-7-3-1-2-6-10(11)16/h4-5,8,10-11H,1-3,6-7,16H2,(H2,17,18). The van der Waals surface area contributed by atoms with Crippen LogP contribution in [0.1, 0.15) is 42.5 Å². The van der Waals surface area contributed by atoms with Gasteiger partial charge in [0.2, 0.25) is 0 Å². The van der Waals surface area contributed by atoms with Crippen LogP contribution in [0.3, 0.4) is 0 Å². The molecule has 1 aliphatic carbocycles. The smallest absolute Gasteiger partial charge is 0.253 e. The fraction of sp³-hybridized carbons (Fsp3) is 0.500. The fourth-order valence-corrected chi connectivity index (χ4v) is 3.00. The second kappa shape index (κ2) is 6.39. The van der Waals surface area contributed by atoms with Gasteiger partial charge in [-0.2, -0.15) is 0 Å². The first-order valence-electron chi connectivity index (χ1n) is 6.60. The van der Waals surface area contributed by atoms with Crippen molar-refractivity contribution in [1.29, 1.82) is 0 Å². The van der Waals surface area contributed by atoms with Crippen LogP contribution in [0.4, 0.5) is 0 Å². The normalized spacial score (nSPS) is 23.7. The highest BCUT2D eigenvalue weighted by atomic mass is 79.9. The number of amides is 1. The van der Waals surface area contributed by atoms with Crippen molar-refractivity contribution < 1.29 is 9.53 Å². The fourth-order valence-electron chi connectivity index (χ4n) is 2.45. The number of halogens is 1. The first kappa shape index (κ1) is 14.3. The van der Waals surface area contributed by atoms with E-state index in [0.29, 0.717) is 15.8 Å². The Morgan fingerprint density at radius 2 is 2.00 bits per heavy atom. The minimum Gasteiger partial charge on any atom is -0.488 e. The van der Waals surface area contributed by atoms with Crippen LogP contribution in [0.2, 0.25) is 0 Å². The van der Waals surface area contributed by atoms with Crippen molar-refractivity contribution >= 4 is 21.8 Å². The Hall–Kier alpha value is -1.07. The summed E-state index contributed by atoms with van der Waals surface area (Å²) in [5.74, 6) is 0.0221. The maximum absolute atomic E-state index is 11.5. The average Bonchev–Trinajstić information content (AvgIpc) is 2.54. The first-order chi connectivity index (χ1) is 9.09. The Balaban J connectivity index is 2.22. The molecule has 0 saturated heterocycles. The van der Waals surface area contributed by atoms with E-state index in [2.05, 4.69) is 15.9 Å². The van der Waals surface area contributed by atoms with E-state index < -0.39 is 5.91 Å². The van der Waals surface area contributed by atoms with E-state index in [1.165, 1.54) is 6.42 Å². The molecule has 1 saturated carbocycles. The molecule has 2 unspecified atom stereocenters. The lowest BCUT2D eigenvalue weighted by atomic mass is 10.1. The molecule has 1 fully saturated rings. The third kappa shape index (κ3) is 3.48. The zero-order chi connectivity index (χ0) is 13.8. The topological polar surface area (TPSA) is 78.3 Å². The molecule has 0 spiro atoms. The lowest BCUT2D eigenvalue weighted by Gasteiger charge is -2.24. The monoisotopic (exact) mass is 326 g/mol. The summed E-state index contributed by atoms with van der Waals surface area (Å²) >= 11 is 3.33. The predicted molar refractivity (Wildman–Crippen MR) is 78.1 cm³/mol. The molecular weight excluding hydrogens is 308 g/mol. The predicted octanol–water partition coefficient (Wildman–Crippen LogP) is 2.59. The van der Waals surface area contributed by atoms with Gasteiger partial charge in [-0.3, -0.25) is 4.79 Å². The Kier molecular flexibility index (Phi) is 4.82. The summed E-state index contributed by atoms with van der Waals surface area (Å²) in [4.78, 5) is 11.5. The molecule has 0 aromatic heterocycles. The van der Waals surface area contributed by atoms with E-state index in [-0.39, 0.29) is 12.1 Å². The molecule has 1 aromatic rings. The molecule has 0 aliphatic heterocycles. The van der Waals surface area contributed by atoms with Gasteiger partial charge in [0, 0.05) is 10.5 Å². The van der Waals surface area contributed by atoms with Gasteiger partial charge in [0.25, 0.3) is 5.91 Å². The van der Waals surface area contributed by atoms with E-state index in [4.69, 9.17) is 16.2 Å². The van der Waals surface area contributed by atoms with Gasteiger partial charge in [-0.15, -0.1) is 0 Å². The van der Waals surface area contributed by atoms with Crippen molar-refractivity contribution in [2.45, 2.75) is 44.2 Å². The van der Waals surface area contributed by atoms with Crippen LogP contribution in [-0.4, -0.2) is 18.1 Å². The van der Waals surface area contributed by atoms with Crippen LogP contribution in [0, 0.1) is 0 Å². The number of ether oxygens (including phenoxy) is 1. The molecule has 5 heteroatoms. The highest BCUT2D eigenvalue weighted by Gasteiger charge is 2.24. The number of rotatable bonds is 3. The van der Waals surface area contributed by atoms with Crippen molar-refractivity contribution in [3.63, 3.8) is 0 Å². The first-order valence-corrected chi connectivity index (χ1v) is 7.39. The molecule has 1 aromatic carbocycles. The summed E-state index contributed by atoms with van der Waals surface area (Å²) in [5, 5.41) is 0. The number of carbonyl (C=O) groups excluding carboxylic acids is 1. The van der Waals surface area contributed by atoms with Crippen molar-refractivity contribution in [2.75, 3.05) is 0 Å². The van der Waals surface area contributed by atoms with Gasteiger partial charge in [0.05, 0.1) is 5.56 Å². The van der Waals surface area contributed by atoms with Crippen LogP contribution in [0.15, 0.2) is 22.7 Å². The molecule has 1 amide bonds. The zero-order valence-corrected chi connectivity index (χ0v) is 12.4. The second-order valence-electron chi connectivity index (χ2n) is 4.94. The minimum absolute atomic E-state index is 0.0159. The van der Waals surface area contributed by atoms with E-state index in [9.17, 15) is 4.79 Å². The average molecular weight is 327 g/mol. The van der Waals surface area contributed by atoms with Gasteiger partial charge in [0.15, 0.2) is 0 Å². The second-order valence-corrected chi connectivity index (χ2v) is 5.79. The Bertz CT molecular complexity index is 465. The zero-order valence-electron chi connectivity index (χ0n) is 10.8. The molecule has 1 aliphatic rings. The maximum atomic E-state index is 11.5. The highest BCUT2D eigenvalue weighted by Crippen LogP contribution is 2.29. The molecule has 2 atom stereocenters. The molecule has 104 valence electrons. The number of hydrogen-bond donors (Lipinski definition) is 2. The van der Waals surface area contributed by atoms with Crippen LogP contribution < -0.4 is 16.2 Å². The largest absolute Gasteiger partial charge is 0.488 e. The number of primary amides is 1. The molecule has 4 nitrogen and oxygen atoms in total. The minimum atomic E-state index is -0.496. The van der Waals surface area contributed by atoms with Crippen LogP contribution in [-0.2, 0) is 0 Å². The van der Waals surface area contributed by atoms with E-state index in [0.717, 1.165) is 25.7 Å². The van der Waals surface area contributed by atoms with Crippen molar-refractivity contribution in [2.24, 2.45) is 11.5 Å². The van der Waals surface area contributed by atoms with Gasteiger partial charge < -0.3 is 16.2 Å². The Morgan fingerprint density at radius 3 is 2.74 bits per heavy atom. The summed E-state index contributed by atoms with van der Waals surface area (Å²) < 4.78 is 6.62. The Labute approximate surface area is 121 Å². The molecular formula is C14H19BrN2O2. The van der Waals surface area contributed by atoms with Crippen LogP contribution in [0.5, 0.6) is 5.75 Å². The number of benzene rings is 1. The summed E-state index contributed by atoms with van der Waals surface area (Å²) in [6.45, 7) is 0. The van der Waals surface area contributed by atoms with Crippen molar-refractivity contribution in [3.8, 4) is 5.75 Å². The lowest BCUT2D eigenvalue weighted by Crippen LogP contribution is -2.38. The maximum Gasteiger partial charge on any atom is 0.253 e. The molecule has 4 N–H and O–H groups in total. The van der Waals surface area contributed by atoms with Crippen molar-refractivity contribution in [1.82, 2.24) is 0 Å². The number of carbonyl (C=O) groups is 1. The van der Waals surface area contributed by atoms with E-state index in [1.807, 2.05) is 6.07 Å². The molecule has 19 heavy (non-hydrogen) atoms. The molecule has 0 radical (unpaired) electrons. The van der Waals surface area contributed by atoms with E-state index >= 15 is 0 Å². The SMILES string of the molecule is NC(=O)c1c(Br)cccc1OC1CCCCCC1N. The summed E-state index contributed by atoms with van der Waals surface area (Å²) in [6.07, 6.45) is 5.28. The number of nitrogens with two attached hydrogens (primary N) is 2. The summed E-state index contributed by atoms with van der Waals surface area (Å²) in [7, 11) is 0.